The lowest BCUT2D eigenvalue weighted by atomic mass is 10.2. The second kappa shape index (κ2) is 6.56. The van der Waals surface area contributed by atoms with E-state index in [-0.39, 0.29) is 11.2 Å². The molecule has 0 saturated heterocycles. The van der Waals surface area contributed by atoms with Crippen molar-refractivity contribution in [2.45, 2.75) is 39.8 Å². The minimum absolute atomic E-state index is 0.259. The highest BCUT2D eigenvalue weighted by Crippen LogP contribution is 2.34. The number of halogens is 1. The highest BCUT2D eigenvalue weighted by Gasteiger charge is 2.29. The Hall–Kier alpha value is -2.54. The second-order valence-electron chi connectivity index (χ2n) is 6.97. The Morgan fingerprint density at radius 2 is 2.00 bits per heavy atom. The summed E-state index contributed by atoms with van der Waals surface area (Å²) < 4.78 is 4.72. The fraction of sp³-hybridized carbons (Fsp3) is 0.421. The highest BCUT2D eigenvalue weighted by molar-refractivity contribution is 6.30. The van der Waals surface area contributed by atoms with E-state index in [1.807, 2.05) is 36.6 Å². The molecule has 0 aliphatic carbocycles. The molecule has 0 spiro atoms. The summed E-state index contributed by atoms with van der Waals surface area (Å²) in [5, 5.41) is 0.652. The number of aromatic nitrogens is 4. The van der Waals surface area contributed by atoms with Crippen LogP contribution in [0.2, 0.25) is 5.02 Å². The predicted molar refractivity (Wildman–Crippen MR) is 107 cm³/mol. The van der Waals surface area contributed by atoms with Gasteiger partial charge in [-0.15, -0.1) is 0 Å². The summed E-state index contributed by atoms with van der Waals surface area (Å²) in [6.45, 7) is 5.82. The standard InChI is InChI=1S/C19H22ClN5O2/c1-4-5-8-25-17(26)15-16(22(3)19(25)27)21-18-23(9-10-24(15)18)14-11-13(20)7-6-12(14)2/h6-7,11H,4-5,8-10H2,1-3H3. The zero-order chi connectivity index (χ0) is 19.3. The number of nitrogens with zero attached hydrogens (tertiary/aromatic N) is 5. The second-order valence-corrected chi connectivity index (χ2v) is 7.41. The Morgan fingerprint density at radius 1 is 1.22 bits per heavy atom. The van der Waals surface area contributed by atoms with Crippen LogP contribution in [0.4, 0.5) is 11.6 Å². The average molecular weight is 388 g/mol. The third-order valence-electron chi connectivity index (χ3n) is 5.20. The first-order chi connectivity index (χ1) is 12.9. The Kier molecular flexibility index (Phi) is 4.34. The van der Waals surface area contributed by atoms with Gasteiger partial charge < -0.3 is 9.47 Å². The third-order valence-corrected chi connectivity index (χ3v) is 5.43. The maximum Gasteiger partial charge on any atom is 0.332 e. The number of hydrogen-bond acceptors (Lipinski definition) is 4. The number of hydrogen-bond donors (Lipinski definition) is 0. The van der Waals surface area contributed by atoms with Crippen LogP contribution >= 0.6 is 11.6 Å². The van der Waals surface area contributed by atoms with E-state index < -0.39 is 0 Å². The minimum Gasteiger partial charge on any atom is -0.310 e. The molecule has 0 radical (unpaired) electrons. The molecular formula is C19H22ClN5O2. The van der Waals surface area contributed by atoms with Crippen LogP contribution in [-0.2, 0) is 20.1 Å². The zero-order valence-corrected chi connectivity index (χ0v) is 16.5. The van der Waals surface area contributed by atoms with Crippen LogP contribution in [0.5, 0.6) is 0 Å². The molecule has 3 aromatic rings. The Labute approximate surface area is 161 Å². The van der Waals surface area contributed by atoms with Gasteiger partial charge in [0.05, 0.1) is 0 Å². The van der Waals surface area contributed by atoms with Gasteiger partial charge in [-0.25, -0.2) is 4.79 Å². The molecule has 2 aromatic heterocycles. The largest absolute Gasteiger partial charge is 0.332 e. The van der Waals surface area contributed by atoms with Gasteiger partial charge >= 0.3 is 5.69 Å². The van der Waals surface area contributed by atoms with Crippen LogP contribution in [-0.4, -0.2) is 25.2 Å². The van der Waals surface area contributed by atoms with E-state index in [0.717, 1.165) is 24.1 Å². The smallest absolute Gasteiger partial charge is 0.310 e. The van der Waals surface area contributed by atoms with Gasteiger partial charge in [0.2, 0.25) is 5.95 Å². The molecule has 0 fully saturated rings. The summed E-state index contributed by atoms with van der Waals surface area (Å²) in [6.07, 6.45) is 1.70. The molecule has 0 amide bonds. The number of benzene rings is 1. The van der Waals surface area contributed by atoms with Gasteiger partial charge in [0.1, 0.15) is 0 Å². The Balaban J connectivity index is 1.94. The van der Waals surface area contributed by atoms with Crippen molar-refractivity contribution in [2.24, 2.45) is 7.05 Å². The Morgan fingerprint density at radius 3 is 2.74 bits per heavy atom. The summed E-state index contributed by atoms with van der Waals surface area (Å²) in [5.74, 6) is 0.677. The predicted octanol–water partition coefficient (Wildman–Crippen LogP) is 2.81. The van der Waals surface area contributed by atoms with E-state index in [1.54, 1.807) is 7.05 Å². The fourth-order valence-electron chi connectivity index (χ4n) is 3.69. The quantitative estimate of drug-likeness (QED) is 0.690. The fourth-order valence-corrected chi connectivity index (χ4v) is 3.86. The van der Waals surface area contributed by atoms with Gasteiger partial charge in [0, 0.05) is 37.4 Å². The van der Waals surface area contributed by atoms with E-state index >= 15 is 0 Å². The van der Waals surface area contributed by atoms with E-state index in [1.165, 1.54) is 9.13 Å². The van der Waals surface area contributed by atoms with Crippen molar-refractivity contribution in [1.82, 2.24) is 18.7 Å². The molecular weight excluding hydrogens is 366 g/mol. The van der Waals surface area contributed by atoms with Gasteiger partial charge in [0.15, 0.2) is 11.2 Å². The lowest BCUT2D eigenvalue weighted by Crippen LogP contribution is -2.39. The molecule has 8 heteroatoms. The highest BCUT2D eigenvalue weighted by atomic mass is 35.5. The first kappa shape index (κ1) is 17.9. The van der Waals surface area contributed by atoms with Crippen molar-refractivity contribution in [3.8, 4) is 0 Å². The maximum absolute atomic E-state index is 13.0. The van der Waals surface area contributed by atoms with E-state index in [2.05, 4.69) is 9.88 Å². The normalized spacial score (nSPS) is 13.6. The Bertz CT molecular complexity index is 1160. The lowest BCUT2D eigenvalue weighted by Gasteiger charge is -2.18. The van der Waals surface area contributed by atoms with Crippen LogP contribution in [0.3, 0.4) is 0 Å². The molecule has 27 heavy (non-hydrogen) atoms. The van der Waals surface area contributed by atoms with Crippen molar-refractivity contribution >= 4 is 34.4 Å². The molecule has 0 saturated carbocycles. The van der Waals surface area contributed by atoms with Crippen LogP contribution < -0.4 is 16.1 Å². The number of aryl methyl sites for hydroxylation is 2. The molecule has 1 aromatic carbocycles. The number of imidazole rings is 1. The molecule has 1 aliphatic heterocycles. The molecule has 3 heterocycles. The van der Waals surface area contributed by atoms with Crippen LogP contribution in [0.25, 0.3) is 11.2 Å². The third kappa shape index (κ3) is 2.68. The molecule has 0 unspecified atom stereocenters. The first-order valence-corrected chi connectivity index (χ1v) is 9.55. The van der Waals surface area contributed by atoms with E-state index in [9.17, 15) is 9.59 Å². The summed E-state index contributed by atoms with van der Waals surface area (Å²) >= 11 is 6.19. The molecule has 7 nitrogen and oxygen atoms in total. The number of unbranched alkanes of at least 4 members (excludes halogenated alkanes) is 1. The summed E-state index contributed by atoms with van der Waals surface area (Å²) in [4.78, 5) is 32.4. The van der Waals surface area contributed by atoms with Crippen molar-refractivity contribution in [3.05, 3.63) is 49.6 Å². The monoisotopic (exact) mass is 387 g/mol. The van der Waals surface area contributed by atoms with Gasteiger partial charge in [-0.2, -0.15) is 4.98 Å². The molecule has 4 rings (SSSR count). The van der Waals surface area contributed by atoms with E-state index in [0.29, 0.717) is 41.8 Å². The number of rotatable bonds is 4. The summed E-state index contributed by atoms with van der Waals surface area (Å²) in [6, 6.07) is 5.73. The van der Waals surface area contributed by atoms with Crippen molar-refractivity contribution in [1.29, 1.82) is 0 Å². The van der Waals surface area contributed by atoms with Crippen LogP contribution in [0, 0.1) is 6.92 Å². The van der Waals surface area contributed by atoms with Gasteiger partial charge in [-0.05, 0) is 31.0 Å². The van der Waals surface area contributed by atoms with Crippen LogP contribution in [0.1, 0.15) is 25.3 Å². The minimum atomic E-state index is -0.316. The molecule has 0 atom stereocenters. The molecule has 1 aliphatic rings. The van der Waals surface area contributed by atoms with Crippen LogP contribution in [0.15, 0.2) is 27.8 Å². The lowest BCUT2D eigenvalue weighted by molar-refractivity contribution is 0.564. The topological polar surface area (TPSA) is 65.1 Å². The first-order valence-electron chi connectivity index (χ1n) is 9.17. The average Bonchev–Trinajstić information content (AvgIpc) is 3.21. The molecule has 0 bridgehead atoms. The molecule has 0 N–H and O–H groups in total. The van der Waals surface area contributed by atoms with Crippen molar-refractivity contribution < 1.29 is 0 Å². The number of fused-ring (bicyclic) bond motifs is 3. The van der Waals surface area contributed by atoms with Gasteiger partial charge in [-0.1, -0.05) is 31.0 Å². The van der Waals surface area contributed by atoms with Gasteiger partial charge in [0.25, 0.3) is 5.56 Å². The maximum atomic E-state index is 13.0. The zero-order valence-electron chi connectivity index (χ0n) is 15.7. The molecule has 142 valence electrons. The number of anilines is 2. The summed E-state index contributed by atoms with van der Waals surface area (Å²) in [7, 11) is 1.67. The summed E-state index contributed by atoms with van der Waals surface area (Å²) in [5.41, 5.74) is 2.39. The van der Waals surface area contributed by atoms with E-state index in [4.69, 9.17) is 11.6 Å². The van der Waals surface area contributed by atoms with Crippen molar-refractivity contribution in [2.75, 3.05) is 11.4 Å². The van der Waals surface area contributed by atoms with Crippen molar-refractivity contribution in [3.63, 3.8) is 0 Å². The SMILES string of the molecule is CCCCn1c(=O)c2c(nc3n2CCN3c2cc(Cl)ccc2C)n(C)c1=O. The van der Waals surface area contributed by atoms with Gasteiger partial charge in [-0.3, -0.25) is 13.9 Å².